The fourth-order valence-corrected chi connectivity index (χ4v) is 15.7. The summed E-state index contributed by atoms with van der Waals surface area (Å²) < 4.78 is 47.3. The van der Waals surface area contributed by atoms with E-state index in [1.54, 1.807) is 56.5 Å². The summed E-state index contributed by atoms with van der Waals surface area (Å²) in [6.07, 6.45) is 35.2. The zero-order valence-corrected chi connectivity index (χ0v) is 78.3. The van der Waals surface area contributed by atoms with Crippen molar-refractivity contribution in [2.24, 2.45) is 11.8 Å². The topological polar surface area (TPSA) is 436 Å². The van der Waals surface area contributed by atoms with Gasteiger partial charge in [0.2, 0.25) is 11.9 Å². The number of aromatic nitrogens is 12. The minimum absolute atomic E-state index is 0.109. The van der Waals surface area contributed by atoms with E-state index in [-0.39, 0.29) is 49.1 Å². The van der Waals surface area contributed by atoms with Gasteiger partial charge in [-0.3, -0.25) is 29.9 Å². The number of amides is 2. The molecule has 129 heavy (non-hydrogen) atoms. The Labute approximate surface area is 765 Å². The highest BCUT2D eigenvalue weighted by molar-refractivity contribution is 6.30. The number of carbonyl (C=O) groups excluding carboxylic acids is 2. The van der Waals surface area contributed by atoms with Gasteiger partial charge < -0.3 is 92.2 Å². The Bertz CT molecular complexity index is 4970. The Hall–Kier alpha value is -11.2. The predicted molar refractivity (Wildman–Crippen MR) is 513 cm³/mol. The van der Waals surface area contributed by atoms with E-state index in [4.69, 9.17) is 77.2 Å². The van der Waals surface area contributed by atoms with Gasteiger partial charge in [-0.1, -0.05) is 24.4 Å². The third-order valence-corrected chi connectivity index (χ3v) is 21.9. The molecule has 4 fully saturated rings. The highest BCUT2D eigenvalue weighted by Crippen LogP contribution is 2.37. The second-order valence-electron chi connectivity index (χ2n) is 31.8. The number of rotatable bonds is 27. The van der Waals surface area contributed by atoms with E-state index in [1.165, 1.54) is 5.56 Å². The van der Waals surface area contributed by atoms with Gasteiger partial charge in [0.1, 0.15) is 27.7 Å². The third-order valence-electron chi connectivity index (χ3n) is 21.6. The van der Waals surface area contributed by atoms with Gasteiger partial charge in [-0.05, 0) is 258 Å². The third kappa shape index (κ3) is 36.3. The molecule has 0 radical (unpaired) electrons. The molecule has 7 heterocycles. The summed E-state index contributed by atoms with van der Waals surface area (Å²) in [5, 5.41) is 16.5. The molecule has 1 aliphatic heterocycles. The Morgan fingerprint density at radius 3 is 1.21 bits per heavy atom. The molecular formula is C96H138ClN21O11. The number of nitrogens with two attached hydrogens (primary N) is 4. The number of anilines is 7. The maximum Gasteiger partial charge on any atom is 0.408 e. The van der Waals surface area contributed by atoms with Gasteiger partial charge in [0.15, 0.2) is 6.61 Å². The first-order valence-electron chi connectivity index (χ1n) is 45.8. The quantitative estimate of drug-likeness (QED) is 0.0131. The van der Waals surface area contributed by atoms with Crippen molar-refractivity contribution in [2.75, 3.05) is 105 Å². The molecule has 4 aliphatic carbocycles. The maximum atomic E-state index is 11.7. The largest absolute Gasteiger partial charge is 0.488 e. The summed E-state index contributed by atoms with van der Waals surface area (Å²) in [7, 11) is 0. The van der Waals surface area contributed by atoms with E-state index >= 15 is 0 Å². The first-order valence-corrected chi connectivity index (χ1v) is 46.2. The first-order chi connectivity index (χ1) is 62.7. The van der Waals surface area contributed by atoms with E-state index in [0.717, 1.165) is 253 Å². The fraction of sp³-hybridized carbons (Fsp3) is 0.542. The van der Waals surface area contributed by atoms with E-state index in [0.29, 0.717) is 83.7 Å². The van der Waals surface area contributed by atoms with Crippen molar-refractivity contribution < 1.29 is 52.2 Å². The number of fused-ring (bicyclic) bond motifs is 5. The van der Waals surface area contributed by atoms with Gasteiger partial charge in [0, 0.05) is 173 Å². The van der Waals surface area contributed by atoms with Crippen LogP contribution in [0.15, 0.2) is 110 Å². The normalized spacial score (nSPS) is 18.2. The molecule has 4 saturated carbocycles. The number of nitrogens with one attached hydrogen (secondary N) is 5. The van der Waals surface area contributed by atoms with Crippen LogP contribution < -0.4 is 59.0 Å². The van der Waals surface area contributed by atoms with Gasteiger partial charge in [0.25, 0.3) is 0 Å². The van der Waals surface area contributed by atoms with Crippen LogP contribution in [0.4, 0.5) is 49.9 Å². The van der Waals surface area contributed by atoms with E-state index in [9.17, 15) is 9.59 Å². The molecule has 0 spiro atoms. The number of benzene rings is 4. The number of nitrogens with zero attached hydrogens (tertiary/aromatic N) is 12. The van der Waals surface area contributed by atoms with Crippen molar-refractivity contribution in [1.29, 1.82) is 0 Å². The molecule has 2 amide bonds. The second kappa shape index (κ2) is 57.7. The Balaban J connectivity index is 0.000000198. The van der Waals surface area contributed by atoms with Gasteiger partial charge in [-0.2, -0.15) is 0 Å². The lowest BCUT2D eigenvalue weighted by atomic mass is 9.82. The fourth-order valence-electron chi connectivity index (χ4n) is 15.5. The molecule has 15 rings (SSSR count). The van der Waals surface area contributed by atoms with Crippen molar-refractivity contribution in [2.45, 2.75) is 261 Å². The highest BCUT2D eigenvalue weighted by atomic mass is 35.5. The van der Waals surface area contributed by atoms with Crippen molar-refractivity contribution in [3.8, 4) is 23.3 Å². The van der Waals surface area contributed by atoms with E-state index < -0.39 is 0 Å². The lowest BCUT2D eigenvalue weighted by molar-refractivity contribution is 0.133. The lowest BCUT2D eigenvalue weighted by Crippen LogP contribution is -2.38. The SMILES string of the molecule is CC#CCOC(=O)NC1CCC(Cc2cc(N)cc3nccnc23)CC1.CC(C)Nc1cnc(NC2CCC(Oc3cc(N)cc4nccnc34)CC2)nc1.CCCOC(=O)NC1CCC(Cc2cc(N)cc3nccnc23)CC1.CCOCC.CCOCC.CCOCC.CCOCC.Nc1cc(OC2CCC(Nc3nc(Cl)c4c(n3)COC4)CC2)c2nccnc2c1. The number of carbonyl (C=O) groups is 2. The van der Waals surface area contributed by atoms with Crippen LogP contribution in [-0.2, 0) is 59.2 Å². The molecule has 0 bridgehead atoms. The standard InChI is InChI=1S/C21H27N7O.C20H21ClN6O2.C20H24N4O2.C19H26N4O2.4C4H10O/c1-13(2)27-16-11-25-21(26-12-16)28-15-3-5-17(6-4-15)29-19-10-14(22)9-18-20(19)24-8-7-23-18;21-19-14-9-28-10-16(14)26-20(27-19)25-12-1-3-13(4-2-12)29-17-8-11(22)7-15-18(17)24-6-5-23-15;1-2-3-10-26-20(25)24-17-6-4-14(5-7-17)11-15-12-16(21)13-18-19(15)23-9-8-22-18;1-2-9-25-19(24)23-16-5-3-13(4-6-16)10-14-11-15(20)12-17-18(14)22-8-7-21-17;4*1-3-5-4-2/h7-13,15,17,27H,3-6,22H2,1-2H3,(H,25,26,28);5-8,12-13H,1-4,9-10,22H2,(H,25,26,27);8-9,12-14,17H,4-7,10-11,21H2,1H3,(H,24,25);7-8,11-13,16H,2-6,9-10,20H2,1H3,(H,23,24);4*3-4H2,1-2H3. The average Bonchev–Trinajstić information content (AvgIpc) is 1.79. The number of alkyl carbamates (subject to hydrolysis) is 2. The molecule has 13 N–H and O–H groups in total. The minimum atomic E-state index is -0.381. The monoisotopic (exact) mass is 1800 g/mol. The van der Waals surface area contributed by atoms with Gasteiger partial charge in [-0.15, -0.1) is 5.92 Å². The molecule has 4 aromatic carbocycles. The molecule has 700 valence electrons. The molecule has 10 aromatic rings. The molecule has 33 heteroatoms. The average molecular weight is 1800 g/mol. The molecule has 6 aromatic heterocycles. The van der Waals surface area contributed by atoms with Crippen LogP contribution in [0.2, 0.25) is 5.15 Å². The zero-order chi connectivity index (χ0) is 92.5. The Kier molecular flexibility index (Phi) is 46.1. The first kappa shape index (κ1) is 103. The predicted octanol–water partition coefficient (Wildman–Crippen LogP) is 17.8. The number of nitrogen functional groups attached to an aromatic ring is 4. The maximum absolute atomic E-state index is 11.7. The van der Waals surface area contributed by atoms with Crippen LogP contribution in [0.1, 0.15) is 215 Å². The zero-order valence-electron chi connectivity index (χ0n) is 77.6. The molecular weight excluding hydrogens is 1660 g/mol. The Morgan fingerprint density at radius 2 is 0.822 bits per heavy atom. The molecule has 32 nitrogen and oxygen atoms in total. The van der Waals surface area contributed by atoms with Crippen LogP contribution in [-0.4, -0.2) is 180 Å². The van der Waals surface area contributed by atoms with Crippen LogP contribution in [0, 0.1) is 23.7 Å². The summed E-state index contributed by atoms with van der Waals surface area (Å²) in [6, 6.07) is 16.4. The van der Waals surface area contributed by atoms with E-state index in [1.807, 2.05) is 123 Å². The van der Waals surface area contributed by atoms with Crippen LogP contribution in [0.3, 0.4) is 0 Å². The summed E-state index contributed by atoms with van der Waals surface area (Å²) >= 11 is 6.25. The summed E-state index contributed by atoms with van der Waals surface area (Å²) in [5.74, 6) is 9.19. The van der Waals surface area contributed by atoms with Gasteiger partial charge >= 0.3 is 12.2 Å². The summed E-state index contributed by atoms with van der Waals surface area (Å²) in [5.41, 5.74) is 38.3. The van der Waals surface area contributed by atoms with Crippen molar-refractivity contribution >= 4 is 108 Å². The smallest absolute Gasteiger partial charge is 0.408 e. The summed E-state index contributed by atoms with van der Waals surface area (Å²) in [4.78, 5) is 76.2. The van der Waals surface area contributed by atoms with Gasteiger partial charge in [-0.25, -0.2) is 39.5 Å². The number of halogens is 1. The number of ether oxygens (including phenoxy) is 9. The van der Waals surface area contributed by atoms with Crippen LogP contribution >= 0.6 is 11.6 Å². The number of hydrogen-bond donors (Lipinski definition) is 9. The minimum Gasteiger partial charge on any atom is -0.488 e. The van der Waals surface area contributed by atoms with Crippen molar-refractivity contribution in [1.82, 2.24) is 70.4 Å². The van der Waals surface area contributed by atoms with Gasteiger partial charge in [0.05, 0.1) is 88.9 Å². The molecule has 0 unspecified atom stereocenters. The second-order valence-corrected chi connectivity index (χ2v) is 32.2. The molecule has 0 atom stereocenters. The van der Waals surface area contributed by atoms with E-state index in [2.05, 4.69) is 112 Å². The summed E-state index contributed by atoms with van der Waals surface area (Å²) in [6.45, 7) is 32.1. The van der Waals surface area contributed by atoms with Crippen molar-refractivity contribution in [3.05, 3.63) is 138 Å². The number of hydrogen-bond acceptors (Lipinski definition) is 30. The molecule has 0 saturated heterocycles. The lowest BCUT2D eigenvalue weighted by Gasteiger charge is -2.29. The highest BCUT2D eigenvalue weighted by Gasteiger charge is 2.30. The van der Waals surface area contributed by atoms with Crippen molar-refractivity contribution in [3.63, 3.8) is 0 Å². The van der Waals surface area contributed by atoms with Crippen LogP contribution in [0.25, 0.3) is 44.1 Å². The van der Waals surface area contributed by atoms with Crippen LogP contribution in [0.5, 0.6) is 11.5 Å². The Morgan fingerprint density at radius 1 is 0.450 bits per heavy atom. The molecule has 5 aliphatic rings.